The van der Waals surface area contributed by atoms with E-state index in [4.69, 9.17) is 10.5 Å². The van der Waals surface area contributed by atoms with Crippen LogP contribution < -0.4 is 5.73 Å². The standard InChI is InChI=1S/C11H21N3O2/c1-13-4-2-9(3-5-13)7-14-8-10(6-12)16-11(14)15/h9-10H,2-8,12H2,1H3/t10-/m0/s1. The molecule has 16 heavy (non-hydrogen) atoms. The molecule has 0 spiro atoms. The van der Waals surface area contributed by atoms with Crippen molar-refractivity contribution in [1.82, 2.24) is 9.80 Å². The Kier molecular flexibility index (Phi) is 3.66. The van der Waals surface area contributed by atoms with E-state index >= 15 is 0 Å². The third-order valence-corrected chi connectivity index (χ3v) is 3.53. The van der Waals surface area contributed by atoms with Crippen LogP contribution in [0.25, 0.3) is 0 Å². The maximum absolute atomic E-state index is 11.5. The minimum atomic E-state index is -0.186. The third kappa shape index (κ3) is 2.65. The van der Waals surface area contributed by atoms with E-state index in [2.05, 4.69) is 11.9 Å². The molecule has 0 aromatic rings. The topological polar surface area (TPSA) is 58.8 Å². The van der Waals surface area contributed by atoms with Gasteiger partial charge in [0.1, 0.15) is 6.10 Å². The summed E-state index contributed by atoms with van der Waals surface area (Å²) in [7, 11) is 2.14. The zero-order valence-electron chi connectivity index (χ0n) is 9.89. The summed E-state index contributed by atoms with van der Waals surface area (Å²) in [5.41, 5.74) is 5.50. The number of hydrogen-bond donors (Lipinski definition) is 1. The second-order valence-electron chi connectivity index (χ2n) is 4.89. The van der Waals surface area contributed by atoms with Gasteiger partial charge in [0.05, 0.1) is 6.54 Å². The van der Waals surface area contributed by atoms with Crippen molar-refractivity contribution in [2.45, 2.75) is 18.9 Å². The van der Waals surface area contributed by atoms with Crippen LogP contribution in [0.1, 0.15) is 12.8 Å². The summed E-state index contributed by atoms with van der Waals surface area (Å²) >= 11 is 0. The number of nitrogens with two attached hydrogens (primary N) is 1. The second kappa shape index (κ2) is 5.01. The van der Waals surface area contributed by atoms with Crippen LogP contribution in [0, 0.1) is 5.92 Å². The number of rotatable bonds is 3. The third-order valence-electron chi connectivity index (χ3n) is 3.53. The fourth-order valence-electron chi connectivity index (χ4n) is 2.40. The van der Waals surface area contributed by atoms with Crippen LogP contribution in [-0.4, -0.2) is 61.8 Å². The lowest BCUT2D eigenvalue weighted by molar-refractivity contribution is 0.129. The molecular formula is C11H21N3O2. The van der Waals surface area contributed by atoms with E-state index in [-0.39, 0.29) is 12.2 Å². The van der Waals surface area contributed by atoms with Gasteiger partial charge in [0.25, 0.3) is 0 Å². The Labute approximate surface area is 96.5 Å². The molecule has 0 saturated carbocycles. The number of nitrogens with zero attached hydrogens (tertiary/aromatic N) is 2. The molecular weight excluding hydrogens is 206 g/mol. The highest BCUT2D eigenvalue weighted by Crippen LogP contribution is 2.20. The molecule has 0 radical (unpaired) electrons. The van der Waals surface area contributed by atoms with Crippen LogP contribution in [0.4, 0.5) is 4.79 Å². The Morgan fingerprint density at radius 1 is 1.44 bits per heavy atom. The number of amides is 1. The molecule has 2 rings (SSSR count). The monoisotopic (exact) mass is 227 g/mol. The average Bonchev–Trinajstić information content (AvgIpc) is 2.63. The van der Waals surface area contributed by atoms with E-state index in [1.807, 2.05) is 4.90 Å². The maximum atomic E-state index is 11.5. The Hall–Kier alpha value is -0.810. The number of carbonyl (C=O) groups is 1. The first kappa shape index (κ1) is 11.7. The van der Waals surface area contributed by atoms with Gasteiger partial charge in [-0.1, -0.05) is 0 Å². The van der Waals surface area contributed by atoms with Crippen molar-refractivity contribution in [3.8, 4) is 0 Å². The van der Waals surface area contributed by atoms with Crippen molar-refractivity contribution in [2.24, 2.45) is 11.7 Å². The van der Waals surface area contributed by atoms with Gasteiger partial charge < -0.3 is 20.3 Å². The van der Waals surface area contributed by atoms with Gasteiger partial charge in [-0.05, 0) is 38.9 Å². The fraction of sp³-hybridized carbons (Fsp3) is 0.909. The quantitative estimate of drug-likeness (QED) is 0.743. The molecule has 2 N–H and O–H groups in total. The summed E-state index contributed by atoms with van der Waals surface area (Å²) in [6.07, 6.45) is 2.06. The number of piperidine rings is 1. The first-order valence-electron chi connectivity index (χ1n) is 6.03. The highest BCUT2D eigenvalue weighted by molar-refractivity contribution is 5.69. The summed E-state index contributed by atoms with van der Waals surface area (Å²) in [6.45, 7) is 4.20. The highest BCUT2D eigenvalue weighted by atomic mass is 16.6. The molecule has 0 aromatic heterocycles. The summed E-state index contributed by atoms with van der Waals surface area (Å²) in [6, 6.07) is 0. The molecule has 2 fully saturated rings. The second-order valence-corrected chi connectivity index (χ2v) is 4.89. The lowest BCUT2D eigenvalue weighted by Crippen LogP contribution is -2.38. The molecule has 1 atom stereocenters. The number of cyclic esters (lactones) is 1. The van der Waals surface area contributed by atoms with Crippen LogP contribution in [0.5, 0.6) is 0 Å². The van der Waals surface area contributed by atoms with Gasteiger partial charge in [-0.2, -0.15) is 0 Å². The first-order valence-corrected chi connectivity index (χ1v) is 6.03. The van der Waals surface area contributed by atoms with E-state index in [0.29, 0.717) is 19.0 Å². The maximum Gasteiger partial charge on any atom is 0.410 e. The number of ether oxygens (including phenoxy) is 1. The molecule has 0 bridgehead atoms. The van der Waals surface area contributed by atoms with Gasteiger partial charge in [-0.15, -0.1) is 0 Å². The Bertz CT molecular complexity index is 252. The largest absolute Gasteiger partial charge is 0.443 e. The molecule has 2 aliphatic rings. The molecule has 92 valence electrons. The van der Waals surface area contributed by atoms with Crippen LogP contribution in [0.3, 0.4) is 0 Å². The predicted octanol–water partition coefficient (Wildman–Crippen LogP) is 0.108. The van der Waals surface area contributed by atoms with Crippen molar-refractivity contribution in [1.29, 1.82) is 0 Å². The van der Waals surface area contributed by atoms with Crippen molar-refractivity contribution in [3.63, 3.8) is 0 Å². The van der Waals surface area contributed by atoms with E-state index in [9.17, 15) is 4.79 Å². The predicted molar refractivity (Wildman–Crippen MR) is 61.1 cm³/mol. The van der Waals surface area contributed by atoms with Gasteiger partial charge in [0, 0.05) is 13.1 Å². The summed E-state index contributed by atoms with van der Waals surface area (Å²) in [4.78, 5) is 15.7. The Morgan fingerprint density at radius 3 is 2.69 bits per heavy atom. The molecule has 1 amide bonds. The van der Waals surface area contributed by atoms with Crippen molar-refractivity contribution >= 4 is 6.09 Å². The van der Waals surface area contributed by atoms with Crippen LogP contribution in [0.2, 0.25) is 0 Å². The zero-order chi connectivity index (χ0) is 11.5. The van der Waals surface area contributed by atoms with Crippen molar-refractivity contribution in [2.75, 3.05) is 39.8 Å². The first-order chi connectivity index (χ1) is 7.69. The number of hydrogen-bond acceptors (Lipinski definition) is 4. The van der Waals surface area contributed by atoms with Crippen LogP contribution in [0.15, 0.2) is 0 Å². The van der Waals surface area contributed by atoms with E-state index in [1.54, 1.807) is 0 Å². The molecule has 5 nitrogen and oxygen atoms in total. The van der Waals surface area contributed by atoms with E-state index in [0.717, 1.165) is 19.6 Å². The summed E-state index contributed by atoms with van der Waals surface area (Å²) in [5.74, 6) is 0.625. The zero-order valence-corrected chi connectivity index (χ0v) is 9.89. The minimum absolute atomic E-state index is 0.0984. The van der Waals surface area contributed by atoms with Gasteiger partial charge in [0.2, 0.25) is 0 Å². The molecule has 0 aromatic carbocycles. The van der Waals surface area contributed by atoms with Crippen molar-refractivity contribution < 1.29 is 9.53 Å². The molecule has 2 saturated heterocycles. The number of likely N-dealkylation sites (tertiary alicyclic amines) is 1. The minimum Gasteiger partial charge on any atom is -0.443 e. The van der Waals surface area contributed by atoms with Gasteiger partial charge in [-0.3, -0.25) is 0 Å². The Balaban J connectivity index is 1.79. The van der Waals surface area contributed by atoms with Crippen LogP contribution >= 0.6 is 0 Å². The van der Waals surface area contributed by atoms with E-state index < -0.39 is 0 Å². The number of carbonyl (C=O) groups excluding carboxylic acids is 1. The van der Waals surface area contributed by atoms with Gasteiger partial charge in [0.15, 0.2) is 0 Å². The summed E-state index contributed by atoms with van der Waals surface area (Å²) < 4.78 is 5.14. The average molecular weight is 227 g/mol. The Morgan fingerprint density at radius 2 is 2.12 bits per heavy atom. The fourth-order valence-corrected chi connectivity index (χ4v) is 2.40. The highest BCUT2D eigenvalue weighted by Gasteiger charge is 2.32. The smallest absolute Gasteiger partial charge is 0.410 e. The summed E-state index contributed by atoms with van der Waals surface area (Å²) in [5, 5.41) is 0. The molecule has 0 aliphatic carbocycles. The molecule has 0 unspecified atom stereocenters. The van der Waals surface area contributed by atoms with Crippen LogP contribution in [-0.2, 0) is 4.74 Å². The lowest BCUT2D eigenvalue weighted by atomic mass is 9.96. The van der Waals surface area contributed by atoms with Gasteiger partial charge >= 0.3 is 6.09 Å². The van der Waals surface area contributed by atoms with Gasteiger partial charge in [-0.25, -0.2) is 4.79 Å². The van der Waals surface area contributed by atoms with E-state index in [1.165, 1.54) is 12.8 Å². The SMILES string of the molecule is CN1CCC(CN2C[C@H](CN)OC2=O)CC1. The van der Waals surface area contributed by atoms with Crippen molar-refractivity contribution in [3.05, 3.63) is 0 Å². The normalized spacial score (nSPS) is 28.5. The molecule has 2 heterocycles. The lowest BCUT2D eigenvalue weighted by Gasteiger charge is -2.30. The molecule has 5 heteroatoms. The molecule has 2 aliphatic heterocycles.